The van der Waals surface area contributed by atoms with Crippen LogP contribution in [-0.4, -0.2) is 19.1 Å². The minimum atomic E-state index is -0.496. The van der Waals surface area contributed by atoms with Crippen molar-refractivity contribution in [3.05, 3.63) is 71.3 Å². The molecule has 2 aromatic rings. The van der Waals surface area contributed by atoms with Gasteiger partial charge in [-0.3, -0.25) is 4.79 Å². The molecule has 0 radical (unpaired) electrons. The summed E-state index contributed by atoms with van der Waals surface area (Å²) < 4.78 is 10.8. The zero-order chi connectivity index (χ0) is 16.5. The van der Waals surface area contributed by atoms with Crippen LogP contribution in [0, 0.1) is 0 Å². The number of hydrogen-bond acceptors (Lipinski definition) is 3. The van der Waals surface area contributed by atoms with Gasteiger partial charge in [-0.25, -0.2) is 0 Å². The molecule has 23 heavy (non-hydrogen) atoms. The predicted molar refractivity (Wildman–Crippen MR) is 89.7 cm³/mol. The lowest BCUT2D eigenvalue weighted by Gasteiger charge is -2.15. The largest absolute Gasteiger partial charge is 0.380 e. The van der Waals surface area contributed by atoms with Gasteiger partial charge in [-0.2, -0.15) is 0 Å². The van der Waals surface area contributed by atoms with E-state index in [-0.39, 0.29) is 5.91 Å². The maximum absolute atomic E-state index is 12.1. The molecule has 1 atom stereocenters. The number of carbonyl (C=O) groups is 1. The van der Waals surface area contributed by atoms with E-state index >= 15 is 0 Å². The summed E-state index contributed by atoms with van der Waals surface area (Å²) in [5.74, 6) is -0.117. The highest BCUT2D eigenvalue weighted by Gasteiger charge is 2.13. The van der Waals surface area contributed by atoms with Crippen molar-refractivity contribution >= 4 is 5.91 Å². The highest BCUT2D eigenvalue weighted by atomic mass is 16.5. The number of ether oxygens (including phenoxy) is 2. The molecule has 0 aliphatic carbocycles. The zero-order valence-corrected chi connectivity index (χ0v) is 13.6. The summed E-state index contributed by atoms with van der Waals surface area (Å²) in [7, 11) is 1.66. The van der Waals surface area contributed by atoms with E-state index in [1.807, 2.05) is 54.6 Å². The van der Waals surface area contributed by atoms with Gasteiger partial charge in [0, 0.05) is 13.7 Å². The summed E-state index contributed by atoms with van der Waals surface area (Å²) in [6, 6.07) is 17.7. The Kier molecular flexibility index (Phi) is 6.78. The first-order chi connectivity index (χ1) is 11.2. The Bertz CT molecular complexity index is 613. The standard InChI is InChI=1S/C19H23NO3/c1-15(23-13-16-8-4-3-5-9-16)19(21)20-12-17-10-6-7-11-18(17)14-22-2/h3-11,15H,12-14H2,1-2H3,(H,20,21)/t15-/m1/s1. The summed E-state index contributed by atoms with van der Waals surface area (Å²) >= 11 is 0. The summed E-state index contributed by atoms with van der Waals surface area (Å²) in [6.07, 6.45) is -0.496. The van der Waals surface area contributed by atoms with Crippen molar-refractivity contribution in [3.8, 4) is 0 Å². The fourth-order valence-corrected chi connectivity index (χ4v) is 2.22. The third-order valence-corrected chi connectivity index (χ3v) is 3.58. The molecule has 0 aliphatic heterocycles. The summed E-state index contributed by atoms with van der Waals surface area (Å²) in [5, 5.41) is 2.91. The molecule has 1 amide bonds. The summed E-state index contributed by atoms with van der Waals surface area (Å²) in [5.41, 5.74) is 3.18. The summed E-state index contributed by atoms with van der Waals surface area (Å²) in [6.45, 7) is 3.19. The highest BCUT2D eigenvalue weighted by molar-refractivity contribution is 5.80. The number of rotatable bonds is 8. The van der Waals surface area contributed by atoms with Gasteiger partial charge in [-0.1, -0.05) is 54.6 Å². The SMILES string of the molecule is COCc1ccccc1CNC(=O)[C@@H](C)OCc1ccccc1. The molecule has 0 bridgehead atoms. The van der Waals surface area contributed by atoms with Crippen LogP contribution in [0.15, 0.2) is 54.6 Å². The van der Waals surface area contributed by atoms with Gasteiger partial charge in [-0.05, 0) is 23.6 Å². The average Bonchev–Trinajstić information content (AvgIpc) is 2.59. The Morgan fingerprint density at radius 1 is 1.00 bits per heavy atom. The van der Waals surface area contributed by atoms with Crippen molar-refractivity contribution in [2.24, 2.45) is 0 Å². The van der Waals surface area contributed by atoms with Gasteiger partial charge in [0.1, 0.15) is 6.10 Å². The Morgan fingerprint density at radius 3 is 2.35 bits per heavy atom. The minimum Gasteiger partial charge on any atom is -0.380 e. The van der Waals surface area contributed by atoms with Crippen LogP contribution >= 0.6 is 0 Å². The van der Waals surface area contributed by atoms with Crippen molar-refractivity contribution in [3.63, 3.8) is 0 Å². The second kappa shape index (κ2) is 9.08. The lowest BCUT2D eigenvalue weighted by molar-refractivity contribution is -0.132. The molecule has 0 fully saturated rings. The molecule has 2 rings (SSSR count). The second-order valence-electron chi connectivity index (χ2n) is 5.36. The van der Waals surface area contributed by atoms with Gasteiger partial charge in [0.2, 0.25) is 5.91 Å². The molecule has 0 saturated heterocycles. The number of amides is 1. The molecule has 1 N–H and O–H groups in total. The molecule has 122 valence electrons. The van der Waals surface area contributed by atoms with E-state index < -0.39 is 6.10 Å². The van der Waals surface area contributed by atoms with Gasteiger partial charge < -0.3 is 14.8 Å². The van der Waals surface area contributed by atoms with Crippen LogP contribution in [0.5, 0.6) is 0 Å². The topological polar surface area (TPSA) is 47.6 Å². The zero-order valence-electron chi connectivity index (χ0n) is 13.6. The number of hydrogen-bond donors (Lipinski definition) is 1. The molecule has 0 aromatic heterocycles. The van der Waals surface area contributed by atoms with Crippen LogP contribution in [-0.2, 0) is 34.0 Å². The van der Waals surface area contributed by atoms with Crippen LogP contribution in [0.1, 0.15) is 23.6 Å². The van der Waals surface area contributed by atoms with Gasteiger partial charge in [-0.15, -0.1) is 0 Å². The third kappa shape index (κ3) is 5.51. The smallest absolute Gasteiger partial charge is 0.249 e. The van der Waals surface area contributed by atoms with Gasteiger partial charge >= 0.3 is 0 Å². The Hall–Kier alpha value is -2.17. The quantitative estimate of drug-likeness (QED) is 0.815. The lowest BCUT2D eigenvalue weighted by Crippen LogP contribution is -2.34. The molecule has 0 unspecified atom stereocenters. The normalized spacial score (nSPS) is 11.9. The van der Waals surface area contributed by atoms with Crippen LogP contribution < -0.4 is 5.32 Å². The van der Waals surface area contributed by atoms with E-state index in [9.17, 15) is 4.79 Å². The Balaban J connectivity index is 1.82. The fourth-order valence-electron chi connectivity index (χ4n) is 2.22. The lowest BCUT2D eigenvalue weighted by atomic mass is 10.1. The van der Waals surface area contributed by atoms with E-state index in [2.05, 4.69) is 5.32 Å². The first kappa shape index (κ1) is 17.2. The van der Waals surface area contributed by atoms with E-state index in [1.54, 1.807) is 14.0 Å². The third-order valence-electron chi connectivity index (χ3n) is 3.58. The minimum absolute atomic E-state index is 0.117. The maximum atomic E-state index is 12.1. The number of methoxy groups -OCH3 is 1. The van der Waals surface area contributed by atoms with Crippen molar-refractivity contribution < 1.29 is 14.3 Å². The van der Waals surface area contributed by atoms with Gasteiger partial charge in [0.25, 0.3) is 0 Å². The van der Waals surface area contributed by atoms with Crippen LogP contribution in [0.3, 0.4) is 0 Å². The predicted octanol–water partition coefficient (Wildman–Crippen LogP) is 3.05. The van der Waals surface area contributed by atoms with Crippen LogP contribution in [0.4, 0.5) is 0 Å². The number of carbonyl (C=O) groups excluding carboxylic acids is 1. The van der Waals surface area contributed by atoms with E-state index in [0.717, 1.165) is 16.7 Å². The second-order valence-corrected chi connectivity index (χ2v) is 5.36. The Labute approximate surface area is 137 Å². The van der Waals surface area contributed by atoms with Crippen molar-refractivity contribution in [1.29, 1.82) is 0 Å². The van der Waals surface area contributed by atoms with Crippen LogP contribution in [0.2, 0.25) is 0 Å². The van der Waals surface area contributed by atoms with E-state index in [4.69, 9.17) is 9.47 Å². The number of nitrogens with one attached hydrogen (secondary N) is 1. The molecule has 4 heteroatoms. The molecular weight excluding hydrogens is 290 g/mol. The monoisotopic (exact) mass is 313 g/mol. The first-order valence-corrected chi connectivity index (χ1v) is 7.69. The van der Waals surface area contributed by atoms with Crippen molar-refractivity contribution in [2.45, 2.75) is 32.8 Å². The fraction of sp³-hybridized carbons (Fsp3) is 0.316. The van der Waals surface area contributed by atoms with Crippen molar-refractivity contribution in [1.82, 2.24) is 5.32 Å². The summed E-state index contributed by atoms with van der Waals surface area (Å²) in [4.78, 5) is 12.1. The molecule has 2 aromatic carbocycles. The number of benzene rings is 2. The van der Waals surface area contributed by atoms with Crippen LogP contribution in [0.25, 0.3) is 0 Å². The van der Waals surface area contributed by atoms with Gasteiger partial charge in [0.15, 0.2) is 0 Å². The molecule has 0 aliphatic rings. The van der Waals surface area contributed by atoms with E-state index in [0.29, 0.717) is 19.8 Å². The molecule has 0 spiro atoms. The molecular formula is C19H23NO3. The average molecular weight is 313 g/mol. The van der Waals surface area contributed by atoms with Crippen molar-refractivity contribution in [2.75, 3.05) is 7.11 Å². The highest BCUT2D eigenvalue weighted by Crippen LogP contribution is 2.10. The maximum Gasteiger partial charge on any atom is 0.249 e. The molecule has 0 heterocycles. The van der Waals surface area contributed by atoms with E-state index in [1.165, 1.54) is 0 Å². The molecule has 4 nitrogen and oxygen atoms in total. The Morgan fingerprint density at radius 2 is 1.65 bits per heavy atom. The first-order valence-electron chi connectivity index (χ1n) is 7.69. The van der Waals surface area contributed by atoms with Gasteiger partial charge in [0.05, 0.1) is 13.2 Å². The molecule has 0 saturated carbocycles.